The van der Waals surface area contributed by atoms with Gasteiger partial charge in [-0.2, -0.15) is 0 Å². The zero-order valence-corrected chi connectivity index (χ0v) is 18.1. The summed E-state index contributed by atoms with van der Waals surface area (Å²) in [6.07, 6.45) is -0.376. The molecule has 0 spiro atoms. The maximum atomic E-state index is 10.2. The monoisotopic (exact) mass is 399 g/mol. The Kier molecular flexibility index (Phi) is 12.1. The van der Waals surface area contributed by atoms with E-state index in [4.69, 9.17) is 23.7 Å². The number of hydrogen-bond acceptors (Lipinski definition) is 7. The van der Waals surface area contributed by atoms with E-state index in [9.17, 15) is 5.11 Å². The molecule has 0 aliphatic rings. The third kappa shape index (κ3) is 9.21. The molecule has 0 aliphatic carbocycles. The zero-order chi connectivity index (χ0) is 20.9. The summed E-state index contributed by atoms with van der Waals surface area (Å²) in [4.78, 5) is 2.08. The third-order valence-corrected chi connectivity index (χ3v) is 4.36. The number of rotatable bonds is 15. The fourth-order valence-electron chi connectivity index (χ4n) is 2.66. The molecule has 1 aromatic rings. The summed E-state index contributed by atoms with van der Waals surface area (Å²) < 4.78 is 27.0. The average molecular weight is 400 g/mol. The molecular formula is C21H37NO6. The number of aliphatic hydroxyl groups excluding tert-OH is 1. The van der Waals surface area contributed by atoms with Gasteiger partial charge in [0.1, 0.15) is 6.61 Å². The highest BCUT2D eigenvalue weighted by Crippen LogP contribution is 2.31. The van der Waals surface area contributed by atoms with Crippen molar-refractivity contribution in [3.05, 3.63) is 23.8 Å². The Morgan fingerprint density at radius 1 is 1.00 bits per heavy atom. The molecule has 0 saturated heterocycles. The lowest BCUT2D eigenvalue weighted by atomic mass is 10.1. The Labute approximate surface area is 169 Å². The lowest BCUT2D eigenvalue weighted by Crippen LogP contribution is -2.34. The zero-order valence-electron chi connectivity index (χ0n) is 18.1. The summed E-state index contributed by atoms with van der Waals surface area (Å²) >= 11 is 0. The standard InChI is InChI=1S/C21H37NO6/c1-16(2)27-12-10-26-15-19(23)14-22(4)17(3)18-7-8-20(21(13-18)25-6)28-11-9-24-5/h7-8,13,16-17,19,23H,9-12,14-15H2,1-6H3/t17-,19+/m1/s1. The van der Waals surface area contributed by atoms with Crippen LogP contribution >= 0.6 is 0 Å². The first-order valence-corrected chi connectivity index (χ1v) is 9.76. The second-order valence-corrected chi connectivity index (χ2v) is 7.02. The van der Waals surface area contributed by atoms with Crippen molar-refractivity contribution in [2.75, 3.05) is 60.8 Å². The van der Waals surface area contributed by atoms with Crippen LogP contribution in [0.15, 0.2) is 18.2 Å². The summed E-state index contributed by atoms with van der Waals surface area (Å²) in [5, 5.41) is 10.2. The van der Waals surface area contributed by atoms with E-state index in [1.54, 1.807) is 14.2 Å². The minimum Gasteiger partial charge on any atom is -0.493 e. The van der Waals surface area contributed by atoms with Crippen molar-refractivity contribution in [1.82, 2.24) is 4.90 Å². The molecule has 0 radical (unpaired) electrons. The van der Waals surface area contributed by atoms with Gasteiger partial charge in [-0.15, -0.1) is 0 Å². The molecule has 0 amide bonds. The van der Waals surface area contributed by atoms with Crippen LogP contribution in [-0.2, 0) is 14.2 Å². The number of aliphatic hydroxyl groups is 1. The Morgan fingerprint density at radius 2 is 1.75 bits per heavy atom. The molecule has 28 heavy (non-hydrogen) atoms. The molecule has 7 heteroatoms. The number of hydrogen-bond donors (Lipinski definition) is 1. The van der Waals surface area contributed by atoms with Crippen molar-refractivity contribution in [2.24, 2.45) is 0 Å². The van der Waals surface area contributed by atoms with E-state index < -0.39 is 6.10 Å². The molecule has 0 bridgehead atoms. The molecule has 1 aromatic carbocycles. The van der Waals surface area contributed by atoms with Gasteiger partial charge in [-0.05, 0) is 45.5 Å². The molecule has 0 aromatic heterocycles. The van der Waals surface area contributed by atoms with Gasteiger partial charge in [0.2, 0.25) is 0 Å². The highest BCUT2D eigenvalue weighted by Gasteiger charge is 2.17. The quantitative estimate of drug-likeness (QED) is 0.455. The fraction of sp³-hybridized carbons (Fsp3) is 0.714. The number of methoxy groups -OCH3 is 2. The topological polar surface area (TPSA) is 69.6 Å². The van der Waals surface area contributed by atoms with Crippen LogP contribution < -0.4 is 9.47 Å². The van der Waals surface area contributed by atoms with Gasteiger partial charge in [0.15, 0.2) is 11.5 Å². The van der Waals surface area contributed by atoms with Crippen molar-refractivity contribution in [2.45, 2.75) is 39.0 Å². The van der Waals surface area contributed by atoms with E-state index in [1.165, 1.54) is 0 Å². The average Bonchev–Trinajstić information content (AvgIpc) is 2.67. The molecule has 7 nitrogen and oxygen atoms in total. The summed E-state index contributed by atoms with van der Waals surface area (Å²) in [6.45, 7) is 8.85. The first-order valence-electron chi connectivity index (χ1n) is 9.76. The summed E-state index contributed by atoms with van der Waals surface area (Å²) in [5.74, 6) is 1.37. The number of benzene rings is 1. The minimum absolute atomic E-state index is 0.0980. The van der Waals surface area contributed by atoms with Crippen LogP contribution in [0.4, 0.5) is 0 Å². The molecule has 2 atom stereocenters. The summed E-state index contributed by atoms with van der Waals surface area (Å²) in [7, 11) is 5.24. The highest BCUT2D eigenvalue weighted by molar-refractivity contribution is 5.43. The van der Waals surface area contributed by atoms with Crippen molar-refractivity contribution in [3.8, 4) is 11.5 Å². The Bertz CT molecular complexity index is 540. The number of nitrogens with zero attached hydrogens (tertiary/aromatic N) is 1. The van der Waals surface area contributed by atoms with Crippen LogP contribution in [0, 0.1) is 0 Å². The van der Waals surface area contributed by atoms with E-state index >= 15 is 0 Å². The second-order valence-electron chi connectivity index (χ2n) is 7.02. The first-order chi connectivity index (χ1) is 13.4. The maximum absolute atomic E-state index is 10.2. The predicted octanol–water partition coefficient (Wildman–Crippen LogP) is 2.52. The molecule has 0 aliphatic heterocycles. The highest BCUT2D eigenvalue weighted by atomic mass is 16.5. The van der Waals surface area contributed by atoms with Crippen LogP contribution in [0.2, 0.25) is 0 Å². The number of likely N-dealkylation sites (N-methyl/N-ethyl adjacent to an activating group) is 1. The van der Waals surface area contributed by atoms with Crippen LogP contribution in [0.25, 0.3) is 0 Å². The van der Waals surface area contributed by atoms with Crippen LogP contribution in [0.5, 0.6) is 11.5 Å². The predicted molar refractivity (Wildman–Crippen MR) is 109 cm³/mol. The van der Waals surface area contributed by atoms with E-state index in [1.807, 2.05) is 39.1 Å². The fourth-order valence-corrected chi connectivity index (χ4v) is 2.66. The van der Waals surface area contributed by atoms with Crippen LogP contribution in [0.1, 0.15) is 32.4 Å². The van der Waals surface area contributed by atoms with Gasteiger partial charge in [0.25, 0.3) is 0 Å². The van der Waals surface area contributed by atoms with Gasteiger partial charge in [-0.3, -0.25) is 4.90 Å². The van der Waals surface area contributed by atoms with Gasteiger partial charge in [0.05, 0.1) is 45.7 Å². The van der Waals surface area contributed by atoms with Crippen molar-refractivity contribution in [3.63, 3.8) is 0 Å². The molecular weight excluding hydrogens is 362 g/mol. The van der Waals surface area contributed by atoms with Gasteiger partial charge < -0.3 is 28.8 Å². The Balaban J connectivity index is 2.51. The lowest BCUT2D eigenvalue weighted by Gasteiger charge is -2.27. The van der Waals surface area contributed by atoms with Gasteiger partial charge in [0, 0.05) is 19.7 Å². The second kappa shape index (κ2) is 13.7. The van der Waals surface area contributed by atoms with Gasteiger partial charge in [-0.25, -0.2) is 0 Å². The van der Waals surface area contributed by atoms with Gasteiger partial charge >= 0.3 is 0 Å². The van der Waals surface area contributed by atoms with Crippen LogP contribution in [-0.4, -0.2) is 83.1 Å². The van der Waals surface area contributed by atoms with E-state index in [0.717, 1.165) is 5.56 Å². The normalized spacial score (nSPS) is 13.8. The SMILES string of the molecule is COCCOc1ccc([C@@H](C)N(C)C[C@H](O)COCCOC(C)C)cc1OC. The molecule has 0 saturated carbocycles. The summed E-state index contributed by atoms with van der Waals surface area (Å²) in [6, 6.07) is 5.98. The third-order valence-electron chi connectivity index (χ3n) is 4.36. The molecule has 162 valence electrons. The smallest absolute Gasteiger partial charge is 0.161 e. The Morgan fingerprint density at radius 3 is 2.39 bits per heavy atom. The molecule has 0 unspecified atom stereocenters. The first kappa shape index (κ1) is 24.7. The van der Waals surface area contributed by atoms with E-state index in [-0.39, 0.29) is 18.8 Å². The molecule has 0 fully saturated rings. The molecule has 0 heterocycles. The van der Waals surface area contributed by atoms with E-state index in [0.29, 0.717) is 44.5 Å². The number of ether oxygens (including phenoxy) is 5. The minimum atomic E-state index is -0.565. The summed E-state index contributed by atoms with van der Waals surface area (Å²) in [5.41, 5.74) is 1.08. The molecule has 1 N–H and O–H groups in total. The van der Waals surface area contributed by atoms with Crippen molar-refractivity contribution in [1.29, 1.82) is 0 Å². The lowest BCUT2D eigenvalue weighted by molar-refractivity contribution is -0.0193. The van der Waals surface area contributed by atoms with Gasteiger partial charge in [-0.1, -0.05) is 6.07 Å². The van der Waals surface area contributed by atoms with Crippen molar-refractivity contribution >= 4 is 0 Å². The Hall–Kier alpha value is -1.38. The van der Waals surface area contributed by atoms with Crippen molar-refractivity contribution < 1.29 is 28.8 Å². The largest absolute Gasteiger partial charge is 0.493 e. The maximum Gasteiger partial charge on any atom is 0.161 e. The molecule has 1 rings (SSSR count). The van der Waals surface area contributed by atoms with Crippen LogP contribution in [0.3, 0.4) is 0 Å². The van der Waals surface area contributed by atoms with E-state index in [2.05, 4.69) is 11.8 Å².